The third-order valence-electron chi connectivity index (χ3n) is 5.66. The summed E-state index contributed by atoms with van der Waals surface area (Å²) >= 11 is 0. The van der Waals surface area contributed by atoms with E-state index in [1.807, 2.05) is 56.0 Å². The van der Waals surface area contributed by atoms with Crippen molar-refractivity contribution in [2.45, 2.75) is 90.6 Å². The molecule has 7 nitrogen and oxygen atoms in total. The van der Waals surface area contributed by atoms with Crippen LogP contribution in [0.2, 0.25) is 0 Å². The van der Waals surface area contributed by atoms with Crippen molar-refractivity contribution in [2.24, 2.45) is 0 Å². The first-order valence-corrected chi connectivity index (χ1v) is 11.6. The predicted octanol–water partition coefficient (Wildman–Crippen LogP) is 5.42. The maximum atomic E-state index is 12.9. The Bertz CT molecular complexity index is 838. The Balaban J connectivity index is 1.59. The van der Waals surface area contributed by atoms with Crippen LogP contribution in [-0.2, 0) is 11.3 Å². The molecule has 1 aliphatic heterocycles. The number of benzene rings is 1. The van der Waals surface area contributed by atoms with Gasteiger partial charge >= 0.3 is 6.09 Å². The summed E-state index contributed by atoms with van der Waals surface area (Å²) in [4.78, 5) is 23.7. The molecule has 0 spiro atoms. The molecular formula is C25H36N4O3. The largest absolute Gasteiger partial charge is 0.486 e. The van der Waals surface area contributed by atoms with Crippen LogP contribution in [0.5, 0.6) is 5.75 Å². The molecule has 7 heteroatoms. The Kier molecular flexibility index (Phi) is 7.94. The first-order valence-electron chi connectivity index (χ1n) is 11.6. The standard InChI is InChI=1S/C25H36N4O3/c1-6-20-13-19(14-21(7-2)29(20)24(30)32-25(3,4)5)28-23-26-15-22(16-27-23)31-17-18-11-9-8-10-12-18/h8-12,15-16,19-21H,6-7,13-14,17H2,1-5H3,(H,26,27,28)/t19-,20+,21-. The second-order valence-electron chi connectivity index (χ2n) is 9.34. The molecule has 3 rings (SSSR count). The lowest BCUT2D eigenvalue weighted by molar-refractivity contribution is -0.00812. The third kappa shape index (κ3) is 6.58. The van der Waals surface area contributed by atoms with Gasteiger partial charge in [0.2, 0.25) is 5.95 Å². The maximum Gasteiger partial charge on any atom is 0.410 e. The maximum absolute atomic E-state index is 12.9. The van der Waals surface area contributed by atoms with E-state index in [0.29, 0.717) is 18.3 Å². The summed E-state index contributed by atoms with van der Waals surface area (Å²) in [5.74, 6) is 1.22. The van der Waals surface area contributed by atoms with E-state index >= 15 is 0 Å². The summed E-state index contributed by atoms with van der Waals surface area (Å²) in [5, 5.41) is 3.46. The highest BCUT2D eigenvalue weighted by atomic mass is 16.6. The minimum Gasteiger partial charge on any atom is -0.486 e. The molecule has 0 unspecified atom stereocenters. The van der Waals surface area contributed by atoms with Gasteiger partial charge in [0.05, 0.1) is 12.4 Å². The first-order chi connectivity index (χ1) is 15.3. The lowest BCUT2D eigenvalue weighted by atomic mass is 9.89. The Morgan fingerprint density at radius 1 is 1.06 bits per heavy atom. The van der Waals surface area contributed by atoms with Crippen LogP contribution in [0.3, 0.4) is 0 Å². The summed E-state index contributed by atoms with van der Waals surface area (Å²) < 4.78 is 11.5. The molecular weight excluding hydrogens is 404 g/mol. The normalized spacial score (nSPS) is 21.2. The van der Waals surface area contributed by atoms with Crippen molar-refractivity contribution in [3.05, 3.63) is 48.3 Å². The number of carbonyl (C=O) groups is 1. The summed E-state index contributed by atoms with van der Waals surface area (Å²) in [6.07, 6.45) is 6.60. The topological polar surface area (TPSA) is 76.6 Å². The number of nitrogens with zero attached hydrogens (tertiary/aromatic N) is 3. The fraction of sp³-hybridized carbons (Fsp3) is 0.560. The average Bonchev–Trinajstić information content (AvgIpc) is 2.77. The molecule has 0 radical (unpaired) electrons. The molecule has 32 heavy (non-hydrogen) atoms. The smallest absolute Gasteiger partial charge is 0.410 e. The van der Waals surface area contributed by atoms with E-state index in [4.69, 9.17) is 9.47 Å². The highest BCUT2D eigenvalue weighted by Crippen LogP contribution is 2.30. The molecule has 174 valence electrons. The minimum atomic E-state index is -0.499. The molecule has 1 aromatic carbocycles. The van der Waals surface area contributed by atoms with E-state index in [1.165, 1.54) is 0 Å². The summed E-state index contributed by atoms with van der Waals surface area (Å²) in [6, 6.07) is 10.4. The Morgan fingerprint density at radius 2 is 1.66 bits per heavy atom. The van der Waals surface area contributed by atoms with Gasteiger partial charge in [-0.15, -0.1) is 0 Å². The summed E-state index contributed by atoms with van der Waals surface area (Å²) in [5.41, 5.74) is 0.601. The Hall–Kier alpha value is -2.83. The predicted molar refractivity (Wildman–Crippen MR) is 126 cm³/mol. The number of hydrogen-bond acceptors (Lipinski definition) is 6. The Labute approximate surface area is 191 Å². The van der Waals surface area contributed by atoms with Gasteiger partial charge in [0.25, 0.3) is 0 Å². The van der Waals surface area contributed by atoms with Gasteiger partial charge in [0, 0.05) is 18.1 Å². The lowest BCUT2D eigenvalue weighted by Crippen LogP contribution is -2.55. The van der Waals surface area contributed by atoms with Crippen molar-refractivity contribution in [3.8, 4) is 5.75 Å². The van der Waals surface area contributed by atoms with Gasteiger partial charge in [-0.25, -0.2) is 14.8 Å². The zero-order chi connectivity index (χ0) is 23.1. The van der Waals surface area contributed by atoms with Crippen LogP contribution in [0, 0.1) is 0 Å². The number of ether oxygens (including phenoxy) is 2. The second-order valence-corrected chi connectivity index (χ2v) is 9.34. The summed E-state index contributed by atoms with van der Waals surface area (Å²) in [6.45, 7) is 10.4. The first kappa shape index (κ1) is 23.8. The molecule has 2 heterocycles. The molecule has 0 aliphatic carbocycles. The van der Waals surface area contributed by atoms with Crippen molar-refractivity contribution < 1.29 is 14.3 Å². The van der Waals surface area contributed by atoms with E-state index in [9.17, 15) is 4.79 Å². The van der Waals surface area contributed by atoms with Crippen molar-refractivity contribution in [1.29, 1.82) is 0 Å². The van der Waals surface area contributed by atoms with Gasteiger partial charge in [0.15, 0.2) is 5.75 Å². The van der Waals surface area contributed by atoms with Crippen LogP contribution in [0.15, 0.2) is 42.7 Å². The number of anilines is 1. The van der Waals surface area contributed by atoms with E-state index < -0.39 is 5.60 Å². The molecule has 1 aliphatic rings. The number of piperidine rings is 1. The Morgan fingerprint density at radius 3 is 2.19 bits per heavy atom. The molecule has 1 aromatic heterocycles. The van der Waals surface area contributed by atoms with Crippen LogP contribution in [0.1, 0.15) is 65.9 Å². The fourth-order valence-corrected chi connectivity index (χ4v) is 4.12. The van der Waals surface area contributed by atoms with Gasteiger partial charge in [-0.2, -0.15) is 0 Å². The van der Waals surface area contributed by atoms with Gasteiger partial charge < -0.3 is 19.7 Å². The van der Waals surface area contributed by atoms with Crippen molar-refractivity contribution in [3.63, 3.8) is 0 Å². The molecule has 1 fully saturated rings. The van der Waals surface area contributed by atoms with Gasteiger partial charge in [-0.1, -0.05) is 44.2 Å². The van der Waals surface area contributed by atoms with Gasteiger partial charge in [-0.05, 0) is 52.0 Å². The van der Waals surface area contributed by atoms with Crippen LogP contribution in [0.25, 0.3) is 0 Å². The third-order valence-corrected chi connectivity index (χ3v) is 5.66. The molecule has 0 bridgehead atoms. The monoisotopic (exact) mass is 440 g/mol. The SMILES string of the molecule is CC[C@@H]1C[C@H](Nc2ncc(OCc3ccccc3)cn2)C[C@H](CC)N1C(=O)OC(C)(C)C. The van der Waals surface area contributed by atoms with Crippen LogP contribution < -0.4 is 10.1 Å². The number of hydrogen-bond donors (Lipinski definition) is 1. The number of aromatic nitrogens is 2. The van der Waals surface area contributed by atoms with E-state index in [1.54, 1.807) is 12.4 Å². The number of carbonyl (C=O) groups excluding carboxylic acids is 1. The number of nitrogens with one attached hydrogen (secondary N) is 1. The molecule has 1 N–H and O–H groups in total. The summed E-state index contributed by atoms with van der Waals surface area (Å²) in [7, 11) is 0. The zero-order valence-corrected chi connectivity index (χ0v) is 19.9. The highest BCUT2D eigenvalue weighted by molar-refractivity contribution is 5.69. The molecule has 1 saturated heterocycles. The minimum absolute atomic E-state index is 0.120. The van der Waals surface area contributed by atoms with Gasteiger partial charge in [-0.3, -0.25) is 0 Å². The average molecular weight is 441 g/mol. The van der Waals surface area contributed by atoms with Crippen LogP contribution in [-0.4, -0.2) is 44.7 Å². The van der Waals surface area contributed by atoms with E-state index in [2.05, 4.69) is 29.1 Å². The molecule has 0 saturated carbocycles. The zero-order valence-electron chi connectivity index (χ0n) is 19.9. The number of amides is 1. The van der Waals surface area contributed by atoms with E-state index in [0.717, 1.165) is 31.2 Å². The van der Waals surface area contributed by atoms with Gasteiger partial charge in [0.1, 0.15) is 12.2 Å². The second kappa shape index (κ2) is 10.7. The molecule has 1 amide bonds. The van der Waals surface area contributed by atoms with Crippen molar-refractivity contribution in [1.82, 2.24) is 14.9 Å². The molecule has 3 atom stereocenters. The number of rotatable bonds is 7. The van der Waals surface area contributed by atoms with E-state index in [-0.39, 0.29) is 24.2 Å². The van der Waals surface area contributed by atoms with Crippen molar-refractivity contribution in [2.75, 3.05) is 5.32 Å². The number of likely N-dealkylation sites (tertiary alicyclic amines) is 1. The van der Waals surface area contributed by atoms with Crippen LogP contribution >= 0.6 is 0 Å². The molecule has 2 aromatic rings. The highest BCUT2D eigenvalue weighted by Gasteiger charge is 2.39. The quantitative estimate of drug-likeness (QED) is 0.619. The lowest BCUT2D eigenvalue weighted by Gasteiger charge is -2.45. The van der Waals surface area contributed by atoms with Crippen LogP contribution in [0.4, 0.5) is 10.7 Å². The van der Waals surface area contributed by atoms with Crippen molar-refractivity contribution >= 4 is 12.0 Å². The fourth-order valence-electron chi connectivity index (χ4n) is 4.12.